The zero-order chi connectivity index (χ0) is 12.7. The molecule has 0 aliphatic rings. The van der Waals surface area contributed by atoms with E-state index in [1.807, 2.05) is 6.92 Å². The number of nitrogens with one attached hydrogen (secondary N) is 1. The number of aliphatic hydroxyl groups is 1. The zero-order valence-corrected chi connectivity index (χ0v) is 11.2. The molecule has 1 aromatic carbocycles. The molecule has 2 heteroatoms. The molecule has 17 heavy (non-hydrogen) atoms. The molecule has 0 aromatic heterocycles. The van der Waals surface area contributed by atoms with E-state index in [9.17, 15) is 5.11 Å². The highest BCUT2D eigenvalue weighted by molar-refractivity contribution is 5.24. The highest BCUT2D eigenvalue weighted by atomic mass is 16.3. The van der Waals surface area contributed by atoms with Gasteiger partial charge in [-0.15, -0.1) is 0 Å². The first kappa shape index (κ1) is 14.2. The molecule has 0 aliphatic heterocycles. The lowest BCUT2D eigenvalue weighted by atomic mass is 10.0. The predicted molar refractivity (Wildman–Crippen MR) is 73.2 cm³/mol. The van der Waals surface area contributed by atoms with Gasteiger partial charge in [0.2, 0.25) is 0 Å². The number of hydrogen-bond acceptors (Lipinski definition) is 2. The van der Waals surface area contributed by atoms with E-state index in [0.29, 0.717) is 12.6 Å². The molecule has 2 unspecified atom stereocenters. The number of benzene rings is 1. The predicted octanol–water partition coefficient (Wildman–Crippen LogP) is 3.06. The summed E-state index contributed by atoms with van der Waals surface area (Å²) in [4.78, 5) is 0. The first-order valence-corrected chi connectivity index (χ1v) is 6.67. The van der Waals surface area contributed by atoms with E-state index in [4.69, 9.17) is 0 Å². The lowest BCUT2D eigenvalue weighted by Gasteiger charge is -2.17. The van der Waals surface area contributed by atoms with Crippen molar-refractivity contribution in [2.24, 2.45) is 0 Å². The molecule has 0 aliphatic carbocycles. The van der Waals surface area contributed by atoms with Gasteiger partial charge in [-0.05, 0) is 30.9 Å². The number of rotatable bonds is 7. The molecule has 0 amide bonds. The van der Waals surface area contributed by atoms with Crippen molar-refractivity contribution < 1.29 is 5.11 Å². The van der Waals surface area contributed by atoms with Gasteiger partial charge in [-0.25, -0.2) is 0 Å². The van der Waals surface area contributed by atoms with E-state index in [2.05, 4.69) is 43.4 Å². The van der Waals surface area contributed by atoms with Crippen molar-refractivity contribution in [3.63, 3.8) is 0 Å². The average Bonchev–Trinajstić information content (AvgIpc) is 2.36. The van der Waals surface area contributed by atoms with Crippen LogP contribution in [0.1, 0.15) is 50.8 Å². The summed E-state index contributed by atoms with van der Waals surface area (Å²) in [6.07, 6.45) is 2.90. The minimum Gasteiger partial charge on any atom is -0.392 e. The van der Waals surface area contributed by atoms with Gasteiger partial charge in [-0.1, -0.05) is 44.5 Å². The van der Waals surface area contributed by atoms with Crippen molar-refractivity contribution in [3.8, 4) is 0 Å². The van der Waals surface area contributed by atoms with E-state index >= 15 is 0 Å². The maximum atomic E-state index is 9.51. The molecule has 0 saturated carbocycles. The Balaban J connectivity index is 2.48. The molecule has 0 spiro atoms. The van der Waals surface area contributed by atoms with Crippen molar-refractivity contribution in [1.29, 1.82) is 0 Å². The van der Waals surface area contributed by atoms with Crippen LogP contribution in [0.15, 0.2) is 24.3 Å². The van der Waals surface area contributed by atoms with E-state index in [-0.39, 0.29) is 6.10 Å². The Bertz CT molecular complexity index is 307. The van der Waals surface area contributed by atoms with Gasteiger partial charge in [0.15, 0.2) is 0 Å². The van der Waals surface area contributed by atoms with Gasteiger partial charge in [-0.2, -0.15) is 0 Å². The molecule has 0 bridgehead atoms. The fourth-order valence-corrected chi connectivity index (χ4v) is 1.84. The molecule has 0 saturated heterocycles. The summed E-state index contributed by atoms with van der Waals surface area (Å²) in [6, 6.07) is 9.06. The molecule has 2 atom stereocenters. The van der Waals surface area contributed by atoms with Crippen molar-refractivity contribution >= 4 is 0 Å². The number of hydrogen-bond donors (Lipinski definition) is 2. The summed E-state index contributed by atoms with van der Waals surface area (Å²) in [5.41, 5.74) is 2.69. The van der Waals surface area contributed by atoms with Gasteiger partial charge in [0, 0.05) is 12.6 Å². The largest absolute Gasteiger partial charge is 0.392 e. The van der Waals surface area contributed by atoms with Gasteiger partial charge in [0.25, 0.3) is 0 Å². The number of aliphatic hydroxyl groups excluding tert-OH is 1. The van der Waals surface area contributed by atoms with Gasteiger partial charge in [0.1, 0.15) is 0 Å². The lowest BCUT2D eigenvalue weighted by molar-refractivity contribution is 0.164. The Morgan fingerprint density at radius 1 is 1.18 bits per heavy atom. The smallest absolute Gasteiger partial charge is 0.0662 e. The van der Waals surface area contributed by atoms with Crippen LogP contribution >= 0.6 is 0 Å². The summed E-state index contributed by atoms with van der Waals surface area (Å²) in [7, 11) is 0. The van der Waals surface area contributed by atoms with E-state index in [1.54, 1.807) is 0 Å². The first-order chi connectivity index (χ1) is 8.17. The molecular weight excluding hydrogens is 210 g/mol. The van der Waals surface area contributed by atoms with Crippen LogP contribution in [0, 0.1) is 0 Å². The van der Waals surface area contributed by atoms with Crippen LogP contribution in [0.4, 0.5) is 0 Å². The van der Waals surface area contributed by atoms with Crippen molar-refractivity contribution in [3.05, 3.63) is 35.4 Å². The zero-order valence-electron chi connectivity index (χ0n) is 11.2. The van der Waals surface area contributed by atoms with Crippen LogP contribution in [0.3, 0.4) is 0 Å². The third-order valence-corrected chi connectivity index (χ3v) is 3.15. The summed E-state index contributed by atoms with van der Waals surface area (Å²) in [6.45, 7) is 6.99. The molecular formula is C15H25NO. The molecule has 0 heterocycles. The number of aryl methyl sites for hydroxylation is 1. The van der Waals surface area contributed by atoms with Crippen LogP contribution in [-0.4, -0.2) is 17.8 Å². The van der Waals surface area contributed by atoms with Gasteiger partial charge < -0.3 is 10.4 Å². The molecule has 2 N–H and O–H groups in total. The van der Waals surface area contributed by atoms with Gasteiger partial charge in [0.05, 0.1) is 6.10 Å². The topological polar surface area (TPSA) is 32.3 Å². The summed E-state index contributed by atoms with van der Waals surface area (Å²) < 4.78 is 0. The molecule has 0 fully saturated rings. The second-order valence-corrected chi connectivity index (χ2v) is 4.68. The second kappa shape index (κ2) is 7.46. The van der Waals surface area contributed by atoms with Crippen LogP contribution < -0.4 is 5.32 Å². The van der Waals surface area contributed by atoms with Crippen molar-refractivity contribution in [2.45, 2.75) is 52.2 Å². The fraction of sp³-hybridized carbons (Fsp3) is 0.600. The Morgan fingerprint density at radius 2 is 1.82 bits per heavy atom. The third kappa shape index (κ3) is 4.88. The maximum absolute atomic E-state index is 9.51. The highest BCUT2D eigenvalue weighted by Crippen LogP contribution is 2.14. The van der Waals surface area contributed by atoms with E-state index in [1.165, 1.54) is 17.5 Å². The van der Waals surface area contributed by atoms with Crippen molar-refractivity contribution in [1.82, 2.24) is 5.32 Å². The maximum Gasteiger partial charge on any atom is 0.0662 e. The normalized spacial score (nSPS) is 14.6. The van der Waals surface area contributed by atoms with Crippen LogP contribution in [-0.2, 0) is 6.42 Å². The van der Waals surface area contributed by atoms with Crippen molar-refractivity contribution in [2.75, 3.05) is 6.54 Å². The third-order valence-electron chi connectivity index (χ3n) is 3.15. The van der Waals surface area contributed by atoms with Gasteiger partial charge in [-0.3, -0.25) is 0 Å². The molecule has 96 valence electrons. The van der Waals surface area contributed by atoms with Crippen LogP contribution in [0.25, 0.3) is 0 Å². The summed E-state index contributed by atoms with van der Waals surface area (Å²) in [5, 5.41) is 12.9. The standard InChI is InChI=1S/C15H25NO/c1-4-6-13-7-9-14(10-8-13)12(3)16-11-15(17)5-2/h7-10,12,15-17H,4-6,11H2,1-3H3. The Hall–Kier alpha value is -0.860. The Morgan fingerprint density at radius 3 is 2.35 bits per heavy atom. The molecule has 0 radical (unpaired) electrons. The molecule has 1 aromatic rings. The minimum atomic E-state index is -0.239. The Kier molecular flexibility index (Phi) is 6.23. The fourth-order valence-electron chi connectivity index (χ4n) is 1.84. The molecule has 1 rings (SSSR count). The van der Waals surface area contributed by atoms with E-state index < -0.39 is 0 Å². The van der Waals surface area contributed by atoms with Crippen LogP contribution in [0.5, 0.6) is 0 Å². The first-order valence-electron chi connectivity index (χ1n) is 6.67. The SMILES string of the molecule is CCCc1ccc(C(C)NCC(O)CC)cc1. The van der Waals surface area contributed by atoms with E-state index in [0.717, 1.165) is 12.8 Å². The Labute approximate surface area is 105 Å². The summed E-state index contributed by atoms with van der Waals surface area (Å²) >= 11 is 0. The monoisotopic (exact) mass is 235 g/mol. The second-order valence-electron chi connectivity index (χ2n) is 4.68. The van der Waals surface area contributed by atoms with Gasteiger partial charge >= 0.3 is 0 Å². The lowest BCUT2D eigenvalue weighted by Crippen LogP contribution is -2.28. The van der Waals surface area contributed by atoms with Crippen LogP contribution in [0.2, 0.25) is 0 Å². The molecule has 2 nitrogen and oxygen atoms in total. The highest BCUT2D eigenvalue weighted by Gasteiger charge is 2.07. The minimum absolute atomic E-state index is 0.239. The quantitative estimate of drug-likeness (QED) is 0.761. The average molecular weight is 235 g/mol. The summed E-state index contributed by atoms with van der Waals surface area (Å²) in [5.74, 6) is 0.